The van der Waals surface area contributed by atoms with Crippen LogP contribution in [-0.2, 0) is 29.0 Å². The largest absolute Gasteiger partial charge is 0.341 e. The van der Waals surface area contributed by atoms with Crippen LogP contribution in [-0.4, -0.2) is 52.8 Å². The summed E-state index contributed by atoms with van der Waals surface area (Å²) in [5.41, 5.74) is 5.77. The lowest BCUT2D eigenvalue weighted by Gasteiger charge is -2.30. The molecule has 6 nitrogen and oxygen atoms in total. The predicted octanol–water partition coefficient (Wildman–Crippen LogP) is 6.53. The van der Waals surface area contributed by atoms with Crippen LogP contribution in [0.2, 0.25) is 0 Å². The number of rotatable bonds is 9. The zero-order chi connectivity index (χ0) is 28.9. The summed E-state index contributed by atoms with van der Waals surface area (Å²) in [4.78, 5) is 36.7. The number of nitrogens with one attached hydrogen (secondary N) is 1. The van der Waals surface area contributed by atoms with Crippen LogP contribution in [0, 0.1) is 0 Å². The van der Waals surface area contributed by atoms with Crippen LogP contribution < -0.4 is 5.32 Å². The summed E-state index contributed by atoms with van der Waals surface area (Å²) in [5, 5.41) is 3.61. The van der Waals surface area contributed by atoms with Gasteiger partial charge in [0.25, 0.3) is 0 Å². The monoisotopic (exact) mass is 578 g/mol. The van der Waals surface area contributed by atoms with Gasteiger partial charge in [-0.3, -0.25) is 14.5 Å². The molecular formula is C35H38N4O2S. The Kier molecular flexibility index (Phi) is 8.77. The Hall–Kier alpha value is -3.81. The third-order valence-corrected chi connectivity index (χ3v) is 9.64. The van der Waals surface area contributed by atoms with E-state index in [0.29, 0.717) is 18.0 Å². The van der Waals surface area contributed by atoms with Crippen LogP contribution in [0.1, 0.15) is 53.3 Å². The van der Waals surface area contributed by atoms with Crippen molar-refractivity contribution in [3.8, 4) is 11.1 Å². The molecule has 1 N–H and O–H groups in total. The first-order valence-electron chi connectivity index (χ1n) is 15.0. The van der Waals surface area contributed by atoms with Crippen molar-refractivity contribution in [2.45, 2.75) is 57.0 Å². The predicted molar refractivity (Wildman–Crippen MR) is 170 cm³/mol. The number of fused-ring (bicyclic) bond motifs is 1. The molecule has 3 aromatic carbocycles. The number of aryl methyl sites for hydroxylation is 2. The fourth-order valence-corrected chi connectivity index (χ4v) is 7.27. The lowest BCUT2D eigenvalue weighted by Crippen LogP contribution is -2.42. The van der Waals surface area contributed by atoms with Crippen molar-refractivity contribution in [2.75, 3.05) is 25.5 Å². The van der Waals surface area contributed by atoms with Gasteiger partial charge in [-0.2, -0.15) is 0 Å². The summed E-state index contributed by atoms with van der Waals surface area (Å²) in [6.07, 6.45) is 4.78. The Morgan fingerprint density at radius 2 is 1.64 bits per heavy atom. The highest BCUT2D eigenvalue weighted by molar-refractivity contribution is 7.15. The fraction of sp³-hybridized carbons (Fsp3) is 0.343. The number of nitrogens with zero attached hydrogens (tertiary/aromatic N) is 3. The summed E-state index contributed by atoms with van der Waals surface area (Å²) >= 11 is 1.53. The van der Waals surface area contributed by atoms with Gasteiger partial charge in [0, 0.05) is 44.0 Å². The van der Waals surface area contributed by atoms with Gasteiger partial charge in [0.2, 0.25) is 11.8 Å². The quantitative estimate of drug-likeness (QED) is 0.245. The van der Waals surface area contributed by atoms with Crippen LogP contribution in [0.3, 0.4) is 0 Å². The van der Waals surface area contributed by atoms with Crippen molar-refractivity contribution in [1.82, 2.24) is 14.8 Å². The molecule has 1 fully saturated rings. The van der Waals surface area contributed by atoms with Gasteiger partial charge in [-0.15, -0.1) is 11.3 Å². The van der Waals surface area contributed by atoms with E-state index in [4.69, 9.17) is 4.98 Å². The van der Waals surface area contributed by atoms with Crippen LogP contribution in [0.15, 0.2) is 84.9 Å². The van der Waals surface area contributed by atoms with Gasteiger partial charge in [-0.05, 0) is 54.4 Å². The number of hydrogen-bond acceptors (Lipinski definition) is 5. The van der Waals surface area contributed by atoms with Gasteiger partial charge in [-0.1, -0.05) is 84.9 Å². The summed E-state index contributed by atoms with van der Waals surface area (Å²) < 4.78 is 0. The van der Waals surface area contributed by atoms with Crippen LogP contribution in [0.4, 0.5) is 5.13 Å². The van der Waals surface area contributed by atoms with Gasteiger partial charge in [-0.25, -0.2) is 4.98 Å². The number of aromatic nitrogens is 1. The topological polar surface area (TPSA) is 65.5 Å². The van der Waals surface area contributed by atoms with Gasteiger partial charge in [0.15, 0.2) is 5.13 Å². The van der Waals surface area contributed by atoms with Crippen molar-refractivity contribution < 1.29 is 9.59 Å². The Morgan fingerprint density at radius 3 is 2.40 bits per heavy atom. The van der Waals surface area contributed by atoms with Crippen molar-refractivity contribution in [3.63, 3.8) is 0 Å². The first-order valence-corrected chi connectivity index (χ1v) is 15.8. The van der Waals surface area contributed by atoms with E-state index in [2.05, 4.69) is 58.7 Å². The molecule has 1 saturated heterocycles. The smallest absolute Gasteiger partial charge is 0.231 e. The zero-order valence-electron chi connectivity index (χ0n) is 24.2. The number of carbonyl (C=O) groups excluding carboxylic acids is 2. The first kappa shape index (κ1) is 28.3. The molecule has 1 aliphatic heterocycles. The summed E-state index contributed by atoms with van der Waals surface area (Å²) in [6.45, 7) is 2.75. The molecule has 0 radical (unpaired) electrons. The maximum absolute atomic E-state index is 13.8. The van der Waals surface area contributed by atoms with E-state index in [0.717, 1.165) is 61.5 Å². The van der Waals surface area contributed by atoms with Gasteiger partial charge >= 0.3 is 0 Å². The molecule has 1 aliphatic carbocycles. The molecule has 2 atom stereocenters. The molecule has 1 aromatic heterocycles. The summed E-state index contributed by atoms with van der Waals surface area (Å²) in [6, 6.07) is 29.5. The molecule has 0 bridgehead atoms. The lowest BCUT2D eigenvalue weighted by molar-refractivity contribution is -0.133. The molecule has 0 saturated carbocycles. The average molecular weight is 579 g/mol. The zero-order valence-corrected chi connectivity index (χ0v) is 25.0. The standard InChI is InChI=1S/C35H38N4O2S/c1-38(29-21-22-39(24-29)23-26-15-18-28(19-16-26)27-11-6-3-7-12-27)34(41)30-13-8-14-31-33(30)37-35(42-31)36-32(40)20-17-25-9-4-2-5-10-25/h2-7,9-12,15-16,18-19,29-30H,8,13-14,17,20-24H2,1H3,(H,36,37,40). The molecule has 4 aromatic rings. The molecule has 7 heteroatoms. The Labute approximate surface area is 252 Å². The Bertz CT molecular complexity index is 1500. The Balaban J connectivity index is 1.03. The second kappa shape index (κ2) is 13.0. The normalized spacial score (nSPS) is 18.4. The second-order valence-electron chi connectivity index (χ2n) is 11.5. The maximum atomic E-state index is 13.8. The van der Waals surface area contributed by atoms with E-state index < -0.39 is 0 Å². The number of likely N-dealkylation sites (N-methyl/N-ethyl adjacent to an activating group) is 1. The molecule has 42 heavy (non-hydrogen) atoms. The highest BCUT2D eigenvalue weighted by Gasteiger charge is 2.36. The van der Waals surface area contributed by atoms with Crippen LogP contribution in [0.5, 0.6) is 0 Å². The third kappa shape index (κ3) is 6.63. The fourth-order valence-electron chi connectivity index (χ4n) is 6.19. The average Bonchev–Trinajstić information content (AvgIpc) is 3.67. The minimum Gasteiger partial charge on any atom is -0.341 e. The number of amides is 2. The lowest BCUT2D eigenvalue weighted by atomic mass is 9.89. The highest BCUT2D eigenvalue weighted by atomic mass is 32.1. The molecule has 2 unspecified atom stereocenters. The molecule has 6 rings (SSSR count). The SMILES string of the molecule is CN(C(=O)C1CCCc2sc(NC(=O)CCc3ccccc3)nc21)C1CCN(Cc2ccc(-c3ccccc3)cc2)C1. The number of hydrogen-bond donors (Lipinski definition) is 1. The van der Waals surface area contributed by atoms with E-state index in [1.165, 1.54) is 28.0 Å². The minimum absolute atomic E-state index is 0.0364. The van der Waals surface area contributed by atoms with Crippen LogP contribution in [0.25, 0.3) is 11.1 Å². The molecule has 0 spiro atoms. The molecular weight excluding hydrogens is 540 g/mol. The molecule has 2 aliphatic rings. The van der Waals surface area contributed by atoms with Crippen LogP contribution >= 0.6 is 11.3 Å². The van der Waals surface area contributed by atoms with Crippen molar-refractivity contribution in [2.24, 2.45) is 0 Å². The number of benzene rings is 3. The van der Waals surface area contributed by atoms with E-state index >= 15 is 0 Å². The Morgan fingerprint density at radius 1 is 0.929 bits per heavy atom. The second-order valence-corrected chi connectivity index (χ2v) is 12.6. The van der Waals surface area contributed by atoms with E-state index in [9.17, 15) is 9.59 Å². The summed E-state index contributed by atoms with van der Waals surface area (Å²) in [7, 11) is 1.96. The van der Waals surface area contributed by atoms with E-state index in [-0.39, 0.29) is 23.8 Å². The third-order valence-electron chi connectivity index (χ3n) is 8.59. The molecule has 216 valence electrons. The summed E-state index contributed by atoms with van der Waals surface area (Å²) in [5.74, 6) is -0.113. The molecule has 2 amide bonds. The maximum Gasteiger partial charge on any atom is 0.231 e. The van der Waals surface area contributed by atoms with Gasteiger partial charge in [0.1, 0.15) is 0 Å². The first-order chi connectivity index (χ1) is 20.5. The highest BCUT2D eigenvalue weighted by Crippen LogP contribution is 2.38. The van der Waals surface area contributed by atoms with Crippen molar-refractivity contribution in [1.29, 1.82) is 0 Å². The number of thiazole rings is 1. The number of likely N-dealkylation sites (tertiary alicyclic amines) is 1. The van der Waals surface area contributed by atoms with Gasteiger partial charge < -0.3 is 10.2 Å². The number of anilines is 1. The molecule has 2 heterocycles. The van der Waals surface area contributed by atoms with E-state index in [1.54, 1.807) is 0 Å². The minimum atomic E-state index is -0.232. The van der Waals surface area contributed by atoms with E-state index in [1.807, 2.05) is 48.3 Å². The number of carbonyl (C=O) groups is 2. The van der Waals surface area contributed by atoms with Crippen molar-refractivity contribution in [3.05, 3.63) is 107 Å². The van der Waals surface area contributed by atoms with Gasteiger partial charge in [0.05, 0.1) is 11.6 Å². The van der Waals surface area contributed by atoms with Crippen molar-refractivity contribution >= 4 is 28.3 Å².